The fraction of sp³-hybridized carbons (Fsp3) is 0.591. The molecule has 1 saturated carbocycles. The summed E-state index contributed by atoms with van der Waals surface area (Å²) in [7, 11) is 0. The predicted octanol–water partition coefficient (Wildman–Crippen LogP) is 3.87. The fourth-order valence-corrected chi connectivity index (χ4v) is 4.72. The number of likely N-dealkylation sites (tertiary alicyclic amines) is 1. The predicted molar refractivity (Wildman–Crippen MR) is 105 cm³/mol. The number of piperidine rings is 1. The van der Waals surface area contributed by atoms with Gasteiger partial charge >= 0.3 is 0 Å². The molecule has 3 amide bonds. The molecule has 0 aromatic heterocycles. The third-order valence-electron chi connectivity index (χ3n) is 7.00. The van der Waals surface area contributed by atoms with E-state index >= 15 is 0 Å². The number of benzene rings is 1. The molecule has 1 aromatic rings. The van der Waals surface area contributed by atoms with Crippen LogP contribution in [-0.2, 0) is 14.4 Å². The van der Waals surface area contributed by atoms with E-state index in [1.54, 1.807) is 0 Å². The van der Waals surface area contributed by atoms with Gasteiger partial charge < -0.3 is 5.32 Å². The van der Waals surface area contributed by atoms with Gasteiger partial charge in [0.1, 0.15) is 6.54 Å². The minimum absolute atomic E-state index is 0.197. The summed E-state index contributed by atoms with van der Waals surface area (Å²) in [5.74, 6) is -0.679. The first-order valence-corrected chi connectivity index (χ1v) is 9.76. The zero-order chi connectivity index (χ0) is 20.1. The first kappa shape index (κ1) is 19.6. The van der Waals surface area contributed by atoms with Crippen LogP contribution in [-0.4, -0.2) is 29.2 Å². The topological polar surface area (TPSA) is 66.5 Å². The van der Waals surface area contributed by atoms with Crippen molar-refractivity contribution in [1.29, 1.82) is 0 Å². The summed E-state index contributed by atoms with van der Waals surface area (Å²) in [6.45, 7) is 11.8. The van der Waals surface area contributed by atoms with Crippen molar-refractivity contribution in [2.75, 3.05) is 11.9 Å². The lowest BCUT2D eigenvalue weighted by Gasteiger charge is -2.47. The highest BCUT2D eigenvalue weighted by Crippen LogP contribution is 2.59. The highest BCUT2D eigenvalue weighted by Gasteiger charge is 2.64. The highest BCUT2D eigenvalue weighted by atomic mass is 16.2. The summed E-state index contributed by atoms with van der Waals surface area (Å²) in [5.41, 5.74) is 1.85. The quantitative estimate of drug-likeness (QED) is 0.818. The Hall–Kier alpha value is -2.17. The van der Waals surface area contributed by atoms with Crippen molar-refractivity contribution in [3.05, 3.63) is 29.3 Å². The molecule has 2 bridgehead atoms. The van der Waals surface area contributed by atoms with Crippen LogP contribution in [0.5, 0.6) is 0 Å². The van der Waals surface area contributed by atoms with E-state index in [4.69, 9.17) is 0 Å². The van der Waals surface area contributed by atoms with E-state index in [2.05, 4.69) is 19.2 Å². The summed E-state index contributed by atoms with van der Waals surface area (Å²) in [4.78, 5) is 39.9. The zero-order valence-corrected chi connectivity index (χ0v) is 17.2. The second kappa shape index (κ2) is 6.47. The van der Waals surface area contributed by atoms with Gasteiger partial charge in [0.05, 0.1) is 5.41 Å². The van der Waals surface area contributed by atoms with Crippen LogP contribution in [0.3, 0.4) is 0 Å². The van der Waals surface area contributed by atoms with Crippen LogP contribution in [0.15, 0.2) is 18.2 Å². The van der Waals surface area contributed by atoms with Gasteiger partial charge in [-0.3, -0.25) is 19.3 Å². The van der Waals surface area contributed by atoms with Crippen molar-refractivity contribution in [1.82, 2.24) is 4.90 Å². The van der Waals surface area contributed by atoms with Crippen LogP contribution in [0, 0.1) is 23.7 Å². The molecule has 0 spiro atoms. The van der Waals surface area contributed by atoms with Gasteiger partial charge in [-0.2, -0.15) is 0 Å². The van der Waals surface area contributed by atoms with Gasteiger partial charge in [-0.25, -0.2) is 0 Å². The number of anilines is 1. The van der Waals surface area contributed by atoms with Gasteiger partial charge in [-0.1, -0.05) is 52.8 Å². The summed E-state index contributed by atoms with van der Waals surface area (Å²) in [6, 6.07) is 5.91. The molecule has 1 heterocycles. The third kappa shape index (κ3) is 2.88. The number of para-hydroxylation sites is 1. The molecular formula is C22H30N2O3. The molecule has 1 N–H and O–H groups in total. The molecule has 1 saturated heterocycles. The molecule has 146 valence electrons. The number of carbonyl (C=O) groups excluding carboxylic acids is 3. The van der Waals surface area contributed by atoms with E-state index in [1.165, 1.54) is 4.90 Å². The molecule has 1 aromatic carbocycles. The number of amides is 3. The second-order valence-electron chi connectivity index (χ2n) is 9.12. The largest absolute Gasteiger partial charge is 0.324 e. The molecule has 0 radical (unpaired) electrons. The molecule has 1 aliphatic heterocycles. The fourth-order valence-electron chi connectivity index (χ4n) is 4.72. The standard InChI is InChI=1S/C22H30N2O3/c1-13(2)15-9-7-8-14(3)18(15)23-17(25)12-24-19(26)16-10-11-22(6,20(24)27)21(16,4)5/h7-9,13,16H,10-12H2,1-6H3,(H,23,25). The van der Waals surface area contributed by atoms with Crippen molar-refractivity contribution in [2.45, 2.75) is 60.3 Å². The number of hydrogen-bond donors (Lipinski definition) is 1. The van der Waals surface area contributed by atoms with Crippen LogP contribution < -0.4 is 5.32 Å². The molecule has 2 fully saturated rings. The molecular weight excluding hydrogens is 340 g/mol. The summed E-state index contributed by atoms with van der Waals surface area (Å²) < 4.78 is 0. The van der Waals surface area contributed by atoms with Gasteiger partial charge in [0, 0.05) is 11.6 Å². The van der Waals surface area contributed by atoms with Crippen LogP contribution >= 0.6 is 0 Å². The van der Waals surface area contributed by atoms with Crippen molar-refractivity contribution in [2.24, 2.45) is 16.7 Å². The molecule has 1 aliphatic carbocycles. The van der Waals surface area contributed by atoms with Crippen LogP contribution in [0.4, 0.5) is 5.69 Å². The van der Waals surface area contributed by atoms with Crippen molar-refractivity contribution < 1.29 is 14.4 Å². The average molecular weight is 370 g/mol. The summed E-state index contributed by atoms with van der Waals surface area (Å²) in [6.07, 6.45) is 1.41. The Bertz CT molecular complexity index is 812. The Labute approximate surface area is 161 Å². The Morgan fingerprint density at radius 2 is 1.93 bits per heavy atom. The zero-order valence-electron chi connectivity index (χ0n) is 17.2. The average Bonchev–Trinajstić information content (AvgIpc) is 2.77. The third-order valence-corrected chi connectivity index (χ3v) is 7.00. The van der Waals surface area contributed by atoms with E-state index < -0.39 is 5.41 Å². The molecule has 3 rings (SSSR count). The smallest absolute Gasteiger partial charge is 0.244 e. The normalized spacial score (nSPS) is 26.6. The number of rotatable bonds is 4. The van der Waals surface area contributed by atoms with Gasteiger partial charge in [-0.05, 0) is 42.2 Å². The Morgan fingerprint density at radius 1 is 1.26 bits per heavy atom. The molecule has 27 heavy (non-hydrogen) atoms. The van der Waals surface area contributed by atoms with Crippen molar-refractivity contribution in [3.63, 3.8) is 0 Å². The van der Waals surface area contributed by atoms with Gasteiger partial charge in [0.25, 0.3) is 0 Å². The SMILES string of the molecule is Cc1cccc(C(C)C)c1NC(=O)CN1C(=O)C2CCC(C)(C1=O)C2(C)C. The van der Waals surface area contributed by atoms with Crippen LogP contribution in [0.25, 0.3) is 0 Å². The first-order valence-electron chi connectivity index (χ1n) is 9.76. The van der Waals surface area contributed by atoms with E-state index in [0.29, 0.717) is 12.8 Å². The van der Waals surface area contributed by atoms with Crippen LogP contribution in [0.1, 0.15) is 64.5 Å². The molecule has 2 aliphatic rings. The lowest BCUT2D eigenvalue weighted by atomic mass is 9.62. The van der Waals surface area contributed by atoms with Crippen molar-refractivity contribution >= 4 is 23.4 Å². The van der Waals surface area contributed by atoms with Gasteiger partial charge in [-0.15, -0.1) is 0 Å². The Balaban J connectivity index is 1.82. The number of hydrogen-bond acceptors (Lipinski definition) is 3. The Kier molecular flexibility index (Phi) is 4.69. The van der Waals surface area contributed by atoms with E-state index in [0.717, 1.165) is 16.8 Å². The monoisotopic (exact) mass is 370 g/mol. The number of fused-ring (bicyclic) bond motifs is 2. The Morgan fingerprint density at radius 3 is 2.56 bits per heavy atom. The number of nitrogens with zero attached hydrogens (tertiary/aromatic N) is 1. The molecule has 2 unspecified atom stereocenters. The number of carbonyl (C=O) groups is 3. The maximum Gasteiger partial charge on any atom is 0.244 e. The number of nitrogens with one attached hydrogen (secondary N) is 1. The van der Waals surface area contributed by atoms with Crippen LogP contribution in [0.2, 0.25) is 0 Å². The van der Waals surface area contributed by atoms with Gasteiger partial charge in [0.15, 0.2) is 0 Å². The number of aryl methyl sites for hydroxylation is 1. The molecule has 5 heteroatoms. The minimum Gasteiger partial charge on any atom is -0.324 e. The summed E-state index contributed by atoms with van der Waals surface area (Å²) in [5, 5.41) is 2.95. The minimum atomic E-state index is -0.586. The van der Waals surface area contributed by atoms with E-state index in [1.807, 2.05) is 45.9 Å². The molecule has 2 atom stereocenters. The first-order chi connectivity index (χ1) is 12.5. The lowest BCUT2D eigenvalue weighted by molar-refractivity contribution is -0.168. The second-order valence-corrected chi connectivity index (χ2v) is 9.12. The highest BCUT2D eigenvalue weighted by molar-refractivity contribution is 6.07. The maximum absolute atomic E-state index is 13.1. The molecule has 5 nitrogen and oxygen atoms in total. The summed E-state index contributed by atoms with van der Waals surface area (Å²) >= 11 is 0. The van der Waals surface area contributed by atoms with E-state index in [9.17, 15) is 14.4 Å². The maximum atomic E-state index is 13.1. The lowest BCUT2D eigenvalue weighted by Crippen LogP contribution is -2.60. The van der Waals surface area contributed by atoms with Gasteiger partial charge in [0.2, 0.25) is 17.7 Å². The van der Waals surface area contributed by atoms with Crippen molar-refractivity contribution in [3.8, 4) is 0 Å². The number of imide groups is 1. The van der Waals surface area contributed by atoms with E-state index in [-0.39, 0.29) is 41.5 Å².